The zero-order valence-corrected chi connectivity index (χ0v) is 31.5. The smallest absolute Gasteiger partial charge is 0.0584 e. The van der Waals surface area contributed by atoms with Gasteiger partial charge in [0.05, 0.1) is 74.4 Å². The van der Waals surface area contributed by atoms with Gasteiger partial charge in [0.25, 0.3) is 0 Å². The van der Waals surface area contributed by atoms with Gasteiger partial charge in [-0.2, -0.15) is 0 Å². The van der Waals surface area contributed by atoms with Crippen LogP contribution in [0.2, 0.25) is 0 Å². The van der Waals surface area contributed by atoms with E-state index in [0.29, 0.717) is 25.9 Å². The van der Waals surface area contributed by atoms with Crippen molar-refractivity contribution in [2.75, 3.05) is 105 Å². The summed E-state index contributed by atoms with van der Waals surface area (Å²) in [5, 5.41) is 91.0. The number of nitrogens with one attached hydrogen (secondary N) is 8. The molecule has 344 valence electrons. The fourth-order valence-corrected chi connectivity index (χ4v) is 2.71. The molecular formula is C40H96N8O8. The van der Waals surface area contributed by atoms with E-state index in [2.05, 4.69) is 21.3 Å². The minimum atomic E-state index is -4.24. The van der Waals surface area contributed by atoms with E-state index in [-0.39, 0.29) is 12.8 Å². The summed E-state index contributed by atoms with van der Waals surface area (Å²) >= 11 is 0. The van der Waals surface area contributed by atoms with Crippen molar-refractivity contribution in [2.45, 2.75) is 155 Å². The molecule has 16 heteroatoms. The van der Waals surface area contributed by atoms with E-state index in [4.69, 9.17) is 65.8 Å². The van der Waals surface area contributed by atoms with E-state index in [1.165, 1.54) is 13.8 Å². The first-order valence-corrected chi connectivity index (χ1v) is 16.5. The number of hydrogen-bond acceptors (Lipinski definition) is 16. The van der Waals surface area contributed by atoms with Crippen molar-refractivity contribution in [3.63, 3.8) is 0 Å². The minimum Gasteiger partial charge on any atom is -0.395 e. The van der Waals surface area contributed by atoms with Gasteiger partial charge < -0.3 is 83.4 Å². The molecule has 0 heterocycles. The molecule has 0 radical (unpaired) electrons. The highest BCUT2D eigenvalue weighted by molar-refractivity contribution is 4.70. The Morgan fingerprint density at radius 2 is 0.589 bits per heavy atom. The van der Waals surface area contributed by atoms with Crippen molar-refractivity contribution in [3.8, 4) is 0 Å². The summed E-state index contributed by atoms with van der Waals surface area (Å²) in [6.07, 6.45) is -14.8. The third-order valence-corrected chi connectivity index (χ3v) is 5.83. The second-order valence-electron chi connectivity index (χ2n) is 9.61. The highest BCUT2D eigenvalue weighted by Gasteiger charge is 2.08. The molecule has 16 N–H and O–H groups in total. The van der Waals surface area contributed by atoms with Crippen molar-refractivity contribution >= 4 is 0 Å². The molecule has 0 saturated heterocycles. The first-order valence-electron chi connectivity index (χ1n) is 40.5. The monoisotopic (exact) mass is 865 g/mol. The largest absolute Gasteiger partial charge is 0.395 e. The van der Waals surface area contributed by atoms with E-state index in [1.807, 2.05) is 0 Å². The average molecular weight is 866 g/mol. The standard InChI is InChI=1S/4C10H24N2O2/c4*1-3-9(7-13)11-5-6-12-10(4-2)8-14/h4*9-14H,3-8H2,1-2H3/t4*9-,10-/m1100/s1/i1D3,2D3,3D2,4D2,5D2,6D2,7D2,8D2,9D,10D;1D3,2D3,3D2,4D2,7D2,8D2,9D,10D;5D2,6D2,7D2,8D2;7D2,8D2. The SMILES string of the molecule is [2H]C([2H])(O)[C@H](CC)NC([2H])([2H])C([2H])([2H])N[C@@H](CC)C([2H])([2H])O.[2H]C([2H])(O)[C@H](CC)NCCN[C@@H](CC)C([2H])([2H])O.[2H]C([2H])([2H])C([2H])([2H])[C@@]([2H])(NC([2H])([2H])C([2H])([2H])N[C@@]([2H])(C([2H])([2H])O)C([2H])([2H])C([2H])([2H])[2H])C([2H])([2H])O.[2H]C([2H])([2H])C([2H])([2H])[C@@]([2H])(NCCN[C@@]([2H])(C([2H])([2H])O)C([2H])([2H])C([2H])([2H])[2H])C([2H])([2H])O. The van der Waals surface area contributed by atoms with Crippen LogP contribution in [-0.4, -0.2) is 194 Å². The first-order chi connectivity index (χ1) is 44.6. The summed E-state index contributed by atoms with van der Waals surface area (Å²) in [4.78, 5) is 0. The second-order valence-corrected chi connectivity index (χ2v) is 9.61. The molecule has 0 spiro atoms. The van der Waals surface area contributed by atoms with Crippen LogP contribution in [-0.2, 0) is 0 Å². The van der Waals surface area contributed by atoms with Crippen LogP contribution >= 0.6 is 0 Å². The van der Waals surface area contributed by atoms with E-state index < -0.39 is 193 Å². The summed E-state index contributed by atoms with van der Waals surface area (Å²) in [5.41, 5.74) is 0. The molecule has 0 bridgehead atoms. The molecule has 0 aromatic carbocycles. The molecule has 0 aliphatic carbocycles. The maximum atomic E-state index is 9.67. The molecule has 0 saturated carbocycles. The predicted octanol–water partition coefficient (Wildman–Crippen LogP) is -1.17. The van der Waals surface area contributed by atoms with Gasteiger partial charge in [-0.05, 0) is 51.2 Å². The van der Waals surface area contributed by atoms with Crippen LogP contribution in [0.1, 0.15) is 172 Å². The number of rotatable bonds is 36. The Kier molecular flexibility index (Phi) is 14.9. The van der Waals surface area contributed by atoms with Crippen LogP contribution in [0.5, 0.6) is 0 Å². The summed E-state index contributed by atoms with van der Waals surface area (Å²) < 4.78 is 356. The van der Waals surface area contributed by atoms with Gasteiger partial charge in [-0.15, -0.1) is 0 Å². The van der Waals surface area contributed by atoms with Crippen LogP contribution in [0.25, 0.3) is 0 Å². The van der Waals surface area contributed by atoms with Crippen molar-refractivity contribution in [1.82, 2.24) is 42.5 Å². The lowest BCUT2D eigenvalue weighted by molar-refractivity contribution is 0.229. The molecule has 0 amide bonds. The lowest BCUT2D eigenvalue weighted by atomic mass is 10.2. The number of aliphatic hydroxyl groups is 8. The van der Waals surface area contributed by atoms with E-state index >= 15 is 0 Å². The Morgan fingerprint density at radius 1 is 0.357 bits per heavy atom. The fourth-order valence-electron chi connectivity index (χ4n) is 2.71. The maximum absolute atomic E-state index is 9.67. The summed E-state index contributed by atoms with van der Waals surface area (Å²) in [6.45, 7) is -49.5. The Morgan fingerprint density at radius 3 is 0.821 bits per heavy atom. The van der Waals surface area contributed by atoms with Crippen molar-refractivity contribution in [3.05, 3.63) is 0 Å². The zero-order chi connectivity index (χ0) is 85.6. The van der Waals surface area contributed by atoms with Crippen LogP contribution < -0.4 is 42.5 Å². The molecular weight excluding hydrogens is 720 g/mol. The Bertz CT molecular complexity index is 2400. The highest BCUT2D eigenvalue weighted by Crippen LogP contribution is 1.93. The maximum Gasteiger partial charge on any atom is 0.0584 e. The first kappa shape index (κ1) is 16.6. The molecule has 8 atom stereocenters. The second kappa shape index (κ2) is 50.5. The lowest BCUT2D eigenvalue weighted by Crippen LogP contribution is -2.40. The Labute approximate surface area is 410 Å². The van der Waals surface area contributed by atoms with Crippen LogP contribution in [0.15, 0.2) is 0 Å². The van der Waals surface area contributed by atoms with Gasteiger partial charge in [-0.25, -0.2) is 0 Å². The van der Waals surface area contributed by atoms with Gasteiger partial charge in [0.1, 0.15) is 0 Å². The van der Waals surface area contributed by atoms with Crippen molar-refractivity contribution in [1.29, 1.82) is 0 Å². The normalized spacial score (nSPS) is 35.4. The molecule has 16 nitrogen and oxygen atoms in total. The quantitative estimate of drug-likeness (QED) is 0.0331. The fraction of sp³-hybridized carbons (Fsp3) is 1.00. The molecule has 0 aliphatic rings. The third-order valence-electron chi connectivity index (χ3n) is 5.83. The Hall–Kier alpha value is -0.640. The average Bonchev–Trinajstić information content (AvgIpc) is 0.721. The van der Waals surface area contributed by atoms with Crippen LogP contribution in [0.3, 0.4) is 0 Å². The van der Waals surface area contributed by atoms with Gasteiger partial charge >= 0.3 is 0 Å². The topological polar surface area (TPSA) is 258 Å². The third kappa shape index (κ3) is 41.5. The summed E-state index contributed by atoms with van der Waals surface area (Å²) in [7, 11) is 0. The predicted molar refractivity (Wildman–Crippen MR) is 233 cm³/mol. The van der Waals surface area contributed by atoms with Crippen LogP contribution in [0.4, 0.5) is 0 Å². The molecule has 0 aromatic heterocycles. The van der Waals surface area contributed by atoms with E-state index in [1.54, 1.807) is 24.5 Å². The molecule has 0 aliphatic heterocycles. The highest BCUT2D eigenvalue weighted by atomic mass is 16.3. The Balaban J connectivity index is -0.000000659. The van der Waals surface area contributed by atoms with E-state index in [0.717, 1.165) is 10.6 Å². The molecule has 0 aromatic rings. The van der Waals surface area contributed by atoms with Gasteiger partial charge in [0.2, 0.25) is 0 Å². The lowest BCUT2D eigenvalue weighted by Gasteiger charge is -2.17. The zero-order valence-electron chi connectivity index (χ0n) is 79.5. The van der Waals surface area contributed by atoms with Gasteiger partial charge in [-0.3, -0.25) is 0 Å². The minimum absolute atomic E-state index is 0.00285. The van der Waals surface area contributed by atoms with Gasteiger partial charge in [-0.1, -0.05) is 55.1 Å². The molecule has 0 unspecified atom stereocenters. The molecule has 0 fully saturated rings. The van der Waals surface area contributed by atoms with Gasteiger partial charge in [0.15, 0.2) is 0 Å². The number of hydrogen-bond donors (Lipinski definition) is 16. The van der Waals surface area contributed by atoms with Crippen molar-refractivity contribution < 1.29 is 107 Å². The molecule has 56 heavy (non-hydrogen) atoms. The molecule has 0 rings (SSSR count). The summed E-state index contributed by atoms with van der Waals surface area (Å²) in [6, 6.07) is -19.6. The van der Waals surface area contributed by atoms with Crippen molar-refractivity contribution in [2.24, 2.45) is 0 Å². The van der Waals surface area contributed by atoms with Gasteiger partial charge in [0, 0.05) is 144 Å². The van der Waals surface area contributed by atoms with Crippen LogP contribution in [0, 0.1) is 0 Å². The van der Waals surface area contributed by atoms with E-state index in [9.17, 15) is 40.9 Å². The summed E-state index contributed by atoms with van der Waals surface area (Å²) in [5.74, 6) is 0.